The summed E-state index contributed by atoms with van der Waals surface area (Å²) in [6.45, 7) is 0. The predicted octanol–water partition coefficient (Wildman–Crippen LogP) is 0.426. The zero-order chi connectivity index (χ0) is 36.1. The van der Waals surface area contributed by atoms with E-state index in [9.17, 15) is 36.6 Å². The molecule has 6 N–H and O–H groups in total. The van der Waals surface area contributed by atoms with Crippen LogP contribution in [0.25, 0.3) is 12.2 Å². The summed E-state index contributed by atoms with van der Waals surface area (Å²) in [5, 5.41) is 28.0. The van der Waals surface area contributed by atoms with E-state index in [1.165, 1.54) is 62.6 Å². The van der Waals surface area contributed by atoms with Gasteiger partial charge in [0.25, 0.3) is 0 Å². The van der Waals surface area contributed by atoms with E-state index < -0.39 is 20.0 Å². The molecule has 0 atom stereocenters. The van der Waals surface area contributed by atoms with Crippen LogP contribution in [-0.2, 0) is 46.4 Å². The summed E-state index contributed by atoms with van der Waals surface area (Å²) in [5.41, 5.74) is 8.67. The number of allylic oxidation sites excluding steroid dienone is 2. The number of carbonyl (C=O) groups is 2. The third kappa shape index (κ3) is 9.51. The van der Waals surface area contributed by atoms with Crippen LogP contribution >= 0.6 is 0 Å². The minimum absolute atomic E-state index is 0. The van der Waals surface area contributed by atoms with E-state index in [0.29, 0.717) is 11.1 Å². The third-order valence-electron chi connectivity index (χ3n) is 7.40. The summed E-state index contributed by atoms with van der Waals surface area (Å²) >= 11 is 0. The van der Waals surface area contributed by atoms with Crippen LogP contribution in [-0.4, -0.2) is 64.1 Å². The van der Waals surface area contributed by atoms with Crippen molar-refractivity contribution in [2.45, 2.75) is 9.79 Å². The number of phenols is 2. The number of nitrogens with one attached hydrogen (secondary N) is 4. The average molecular weight is 797 g/mol. The number of nitrogens with zero attached hydrogens (tertiary/aromatic N) is 2. The SMILES string of the molecule is CNS(=O)(=O)c1ccc(O)c(N/N=C2\C(=O)C=Cc3ccccc32)c1.CNS(=O)(=O)c1ccc(O)c(N/N=C2\C(=O)C=Cc3ccccc32)c1.[Co].[Na+]. The number of phenolic OH excluding ortho intramolecular Hbond substituents is 2. The maximum atomic E-state index is 12.1. The number of rotatable bonds is 8. The molecule has 0 saturated heterocycles. The maximum Gasteiger partial charge on any atom is 1.00 e. The molecule has 0 bridgehead atoms. The fourth-order valence-electron chi connectivity index (χ4n) is 4.71. The molecular formula is C34H30CoN6NaO8S2+. The molecule has 0 aliphatic heterocycles. The van der Waals surface area contributed by atoms with Crippen LogP contribution in [0.4, 0.5) is 11.4 Å². The Balaban J connectivity index is 0.000000270. The summed E-state index contributed by atoms with van der Waals surface area (Å²) in [6, 6.07) is 22.0. The van der Waals surface area contributed by atoms with E-state index in [-0.39, 0.29) is 102 Å². The van der Waals surface area contributed by atoms with Crippen LogP contribution in [0, 0.1) is 0 Å². The van der Waals surface area contributed by atoms with Crippen LogP contribution in [0.15, 0.2) is 117 Å². The normalized spacial score (nSPS) is 14.7. The smallest absolute Gasteiger partial charge is 0.506 e. The third-order valence-corrected chi connectivity index (χ3v) is 10.2. The van der Waals surface area contributed by atoms with Crippen LogP contribution in [0.3, 0.4) is 0 Å². The van der Waals surface area contributed by atoms with Crippen LogP contribution < -0.4 is 49.9 Å². The number of hydrogen-bond donors (Lipinski definition) is 6. The molecular weight excluding hydrogens is 766 g/mol. The van der Waals surface area contributed by atoms with Crippen molar-refractivity contribution in [3.05, 3.63) is 119 Å². The molecule has 0 heterocycles. The van der Waals surface area contributed by atoms with Gasteiger partial charge in [-0.1, -0.05) is 60.7 Å². The Kier molecular flexibility index (Phi) is 14.4. The second kappa shape index (κ2) is 17.9. The van der Waals surface area contributed by atoms with Crippen molar-refractivity contribution in [1.29, 1.82) is 0 Å². The van der Waals surface area contributed by atoms with Gasteiger partial charge in [-0.3, -0.25) is 20.4 Å². The second-order valence-corrected chi connectivity index (χ2v) is 14.3. The second-order valence-electron chi connectivity index (χ2n) is 10.5. The topological polar surface area (TPSA) is 216 Å². The summed E-state index contributed by atoms with van der Waals surface area (Å²) in [5.74, 6) is -0.952. The Bertz CT molecular complexity index is 2200. The van der Waals surface area contributed by atoms with Gasteiger partial charge in [-0.15, -0.1) is 0 Å². The Morgan fingerprint density at radius 3 is 1.29 bits per heavy atom. The maximum absolute atomic E-state index is 12.1. The number of benzene rings is 4. The number of aromatic hydroxyl groups is 2. The first-order chi connectivity index (χ1) is 23.8. The zero-order valence-corrected chi connectivity index (χ0v) is 32.5. The van der Waals surface area contributed by atoms with E-state index in [1.54, 1.807) is 36.4 Å². The minimum atomic E-state index is -3.67. The molecule has 0 saturated carbocycles. The van der Waals surface area contributed by atoms with Gasteiger partial charge in [0, 0.05) is 27.9 Å². The largest absolute Gasteiger partial charge is 1.00 e. The van der Waals surface area contributed by atoms with E-state index >= 15 is 0 Å². The van der Waals surface area contributed by atoms with Crippen molar-refractivity contribution in [2.75, 3.05) is 24.9 Å². The van der Waals surface area contributed by atoms with Gasteiger partial charge in [0.1, 0.15) is 22.9 Å². The van der Waals surface area contributed by atoms with E-state index in [0.717, 1.165) is 11.1 Å². The molecule has 4 aromatic carbocycles. The fraction of sp³-hybridized carbons (Fsp3) is 0.0588. The molecule has 0 amide bonds. The molecule has 0 spiro atoms. The molecule has 18 heteroatoms. The van der Waals surface area contributed by atoms with Crippen LogP contribution in [0.5, 0.6) is 11.5 Å². The first-order valence-corrected chi connectivity index (χ1v) is 17.7. The number of carbonyl (C=O) groups excluding carboxylic acids is 2. The molecule has 0 unspecified atom stereocenters. The van der Waals surface area contributed by atoms with Gasteiger partial charge in [0.2, 0.25) is 31.6 Å². The summed E-state index contributed by atoms with van der Waals surface area (Å²) in [6.07, 6.45) is 6.22. The standard InChI is InChI=1S/2C17H15N3O4S.Co.Na/c2*1-18-25(23,24)12-7-9-15(21)14(10-12)19-20-17-13-5-3-2-4-11(13)6-8-16(17)22;;/h2*2-10,18-19,21H,1H3;;/q;;;+1/b2*20-17-;;. The van der Waals surface area contributed by atoms with Crippen molar-refractivity contribution in [3.63, 3.8) is 0 Å². The van der Waals surface area contributed by atoms with Gasteiger partial charge < -0.3 is 10.2 Å². The molecule has 2 aliphatic carbocycles. The summed E-state index contributed by atoms with van der Waals surface area (Å²) in [7, 11) is -4.75. The summed E-state index contributed by atoms with van der Waals surface area (Å²) < 4.78 is 51.9. The van der Waals surface area contributed by atoms with Gasteiger partial charge >= 0.3 is 29.6 Å². The van der Waals surface area contributed by atoms with Gasteiger partial charge in [-0.2, -0.15) is 10.2 Å². The predicted molar refractivity (Wildman–Crippen MR) is 190 cm³/mol. The molecule has 52 heavy (non-hydrogen) atoms. The van der Waals surface area contributed by atoms with Crippen LogP contribution in [0.1, 0.15) is 22.3 Å². The number of anilines is 2. The fourth-order valence-corrected chi connectivity index (χ4v) is 6.22. The van der Waals surface area contributed by atoms with Crippen molar-refractivity contribution >= 4 is 66.6 Å². The van der Waals surface area contributed by atoms with Gasteiger partial charge in [0.15, 0.2) is 0 Å². The van der Waals surface area contributed by atoms with E-state index in [2.05, 4.69) is 30.5 Å². The average Bonchev–Trinajstić information content (AvgIpc) is 3.12. The minimum Gasteiger partial charge on any atom is -0.506 e. The molecule has 0 fully saturated rings. The van der Waals surface area contributed by atoms with Crippen molar-refractivity contribution in [2.24, 2.45) is 10.2 Å². The number of hydrazone groups is 2. The van der Waals surface area contributed by atoms with Crippen molar-refractivity contribution < 1.29 is 83.0 Å². The van der Waals surface area contributed by atoms with Gasteiger partial charge in [-0.05, 0) is 73.8 Å². The Hall–Kier alpha value is -4.43. The molecule has 0 aromatic heterocycles. The van der Waals surface area contributed by atoms with Crippen molar-refractivity contribution in [3.8, 4) is 11.5 Å². The van der Waals surface area contributed by atoms with Gasteiger partial charge in [0.05, 0.1) is 21.2 Å². The number of ketones is 2. The molecule has 2 aliphatic rings. The molecule has 14 nitrogen and oxygen atoms in total. The Morgan fingerprint density at radius 2 is 0.923 bits per heavy atom. The molecule has 1 radical (unpaired) electrons. The molecule has 4 aromatic rings. The zero-order valence-electron chi connectivity index (χ0n) is 27.8. The van der Waals surface area contributed by atoms with Crippen LogP contribution in [0.2, 0.25) is 0 Å². The quantitative estimate of drug-likeness (QED) is 0.0822. The van der Waals surface area contributed by atoms with Gasteiger partial charge in [-0.25, -0.2) is 26.3 Å². The number of fused-ring (bicyclic) bond motifs is 2. The Labute approximate surface area is 332 Å². The monoisotopic (exact) mass is 796 g/mol. The number of sulfonamides is 2. The Morgan fingerprint density at radius 1 is 0.558 bits per heavy atom. The molecule has 6 rings (SSSR count). The first-order valence-electron chi connectivity index (χ1n) is 14.7. The van der Waals surface area contributed by atoms with E-state index in [1.807, 2.05) is 24.3 Å². The number of hydrogen-bond acceptors (Lipinski definition) is 12. The van der Waals surface area contributed by atoms with E-state index in [4.69, 9.17) is 0 Å². The first kappa shape index (κ1) is 42.0. The van der Waals surface area contributed by atoms with Crippen molar-refractivity contribution in [1.82, 2.24) is 9.44 Å². The summed E-state index contributed by atoms with van der Waals surface area (Å²) in [4.78, 5) is 24.1. The molecule has 265 valence electrons.